The van der Waals surface area contributed by atoms with E-state index in [1.165, 1.54) is 29.9 Å². The van der Waals surface area contributed by atoms with E-state index in [1.54, 1.807) is 0 Å². The van der Waals surface area contributed by atoms with Gasteiger partial charge < -0.3 is 5.32 Å². The first-order valence-corrected chi connectivity index (χ1v) is 7.43. The first-order chi connectivity index (χ1) is 6.93. The third-order valence-corrected chi connectivity index (χ3v) is 3.65. The predicted molar refractivity (Wildman–Crippen MR) is 68.3 cm³/mol. The van der Waals surface area contributed by atoms with Gasteiger partial charge in [-0.2, -0.15) is 11.8 Å². The average Bonchev–Trinajstić information content (AvgIpc) is 2.69. The molecule has 1 nitrogen and oxygen atoms in total. The summed E-state index contributed by atoms with van der Waals surface area (Å²) in [6.07, 6.45) is 6.21. The van der Waals surface area contributed by atoms with Crippen molar-refractivity contribution in [3.63, 3.8) is 0 Å². The van der Waals surface area contributed by atoms with Crippen LogP contribution in [0.15, 0.2) is 17.5 Å². The molecule has 0 atom stereocenters. The molecular weight excluding hydrogens is 210 g/mol. The summed E-state index contributed by atoms with van der Waals surface area (Å²) >= 11 is 3.77. The molecule has 1 N–H and O–H groups in total. The highest BCUT2D eigenvalue weighted by atomic mass is 32.2. The molecule has 0 saturated carbocycles. The molecule has 14 heavy (non-hydrogen) atoms. The highest BCUT2D eigenvalue weighted by molar-refractivity contribution is 7.98. The van der Waals surface area contributed by atoms with Crippen LogP contribution < -0.4 is 5.32 Å². The van der Waals surface area contributed by atoms with Gasteiger partial charge in [0.1, 0.15) is 0 Å². The number of unbranched alkanes of at least 4 members (excludes halogenated alkanes) is 2. The zero-order valence-electron chi connectivity index (χ0n) is 8.79. The lowest BCUT2D eigenvalue weighted by Crippen LogP contribution is -2.13. The summed E-state index contributed by atoms with van der Waals surface area (Å²) in [5.41, 5.74) is 0. The summed E-state index contributed by atoms with van der Waals surface area (Å²) in [4.78, 5) is 1.44. The van der Waals surface area contributed by atoms with Gasteiger partial charge in [-0.1, -0.05) is 12.5 Å². The summed E-state index contributed by atoms with van der Waals surface area (Å²) in [7, 11) is 0. The first kappa shape index (κ1) is 12.1. The molecule has 0 amide bonds. The summed E-state index contributed by atoms with van der Waals surface area (Å²) in [6, 6.07) is 4.30. The van der Waals surface area contributed by atoms with Crippen molar-refractivity contribution in [3.05, 3.63) is 22.4 Å². The number of thioether (sulfide) groups is 1. The van der Waals surface area contributed by atoms with Gasteiger partial charge in [0, 0.05) is 11.4 Å². The van der Waals surface area contributed by atoms with E-state index in [1.807, 2.05) is 23.1 Å². The zero-order chi connectivity index (χ0) is 10.1. The Bertz CT molecular complexity index is 209. The minimum absolute atomic E-state index is 1.04. The van der Waals surface area contributed by atoms with Gasteiger partial charge in [0.25, 0.3) is 0 Å². The molecule has 0 aliphatic rings. The van der Waals surface area contributed by atoms with E-state index >= 15 is 0 Å². The second-order valence-corrected chi connectivity index (χ2v) is 5.33. The van der Waals surface area contributed by atoms with Crippen LogP contribution in [0.25, 0.3) is 0 Å². The molecule has 1 aromatic heterocycles. The summed E-state index contributed by atoms with van der Waals surface area (Å²) in [5.74, 6) is 1.31. The van der Waals surface area contributed by atoms with E-state index in [4.69, 9.17) is 0 Å². The maximum absolute atomic E-state index is 3.47. The maximum Gasteiger partial charge on any atom is 0.0299 e. The molecule has 0 unspecified atom stereocenters. The van der Waals surface area contributed by atoms with Gasteiger partial charge in [-0.25, -0.2) is 0 Å². The molecule has 0 bridgehead atoms. The Morgan fingerprint density at radius 2 is 2.29 bits per heavy atom. The van der Waals surface area contributed by atoms with Gasteiger partial charge >= 0.3 is 0 Å². The molecule has 0 saturated heterocycles. The van der Waals surface area contributed by atoms with Gasteiger partial charge in [-0.15, -0.1) is 11.3 Å². The maximum atomic E-state index is 3.47. The molecule has 0 spiro atoms. The largest absolute Gasteiger partial charge is 0.312 e. The minimum atomic E-state index is 1.04. The van der Waals surface area contributed by atoms with Crippen molar-refractivity contribution in [2.75, 3.05) is 18.6 Å². The second kappa shape index (κ2) is 8.33. The Labute approximate surface area is 95.3 Å². The minimum Gasteiger partial charge on any atom is -0.312 e. The van der Waals surface area contributed by atoms with Gasteiger partial charge in [0.15, 0.2) is 0 Å². The molecule has 1 heterocycles. The van der Waals surface area contributed by atoms with Crippen molar-refractivity contribution < 1.29 is 0 Å². The van der Waals surface area contributed by atoms with Crippen LogP contribution in [-0.4, -0.2) is 18.6 Å². The SMILES string of the molecule is CSCCCCCNCc1cccs1. The molecule has 1 rings (SSSR count). The van der Waals surface area contributed by atoms with Crippen molar-refractivity contribution >= 4 is 23.1 Å². The lowest BCUT2D eigenvalue weighted by molar-refractivity contribution is 0.622. The van der Waals surface area contributed by atoms with E-state index in [-0.39, 0.29) is 0 Å². The van der Waals surface area contributed by atoms with Gasteiger partial charge in [0.05, 0.1) is 0 Å². The molecule has 0 radical (unpaired) electrons. The normalized spacial score (nSPS) is 10.6. The lowest BCUT2D eigenvalue weighted by atomic mass is 10.2. The number of hydrogen-bond donors (Lipinski definition) is 1. The van der Waals surface area contributed by atoms with Gasteiger partial charge in [-0.3, -0.25) is 0 Å². The molecule has 1 aromatic rings. The van der Waals surface area contributed by atoms with E-state index in [0.717, 1.165) is 13.1 Å². The van der Waals surface area contributed by atoms with Crippen LogP contribution in [0.3, 0.4) is 0 Å². The van der Waals surface area contributed by atoms with E-state index in [2.05, 4.69) is 29.1 Å². The van der Waals surface area contributed by atoms with Crippen molar-refractivity contribution in [1.82, 2.24) is 5.32 Å². The van der Waals surface area contributed by atoms with E-state index < -0.39 is 0 Å². The summed E-state index contributed by atoms with van der Waals surface area (Å²) in [6.45, 7) is 2.20. The van der Waals surface area contributed by atoms with Crippen LogP contribution in [0.2, 0.25) is 0 Å². The fourth-order valence-electron chi connectivity index (χ4n) is 1.30. The van der Waals surface area contributed by atoms with Crippen LogP contribution in [0.4, 0.5) is 0 Å². The molecule has 0 aliphatic carbocycles. The molecule has 0 fully saturated rings. The average molecular weight is 229 g/mol. The monoisotopic (exact) mass is 229 g/mol. The quantitative estimate of drug-likeness (QED) is 0.686. The smallest absolute Gasteiger partial charge is 0.0299 e. The van der Waals surface area contributed by atoms with E-state index in [0.29, 0.717) is 0 Å². The third-order valence-electron chi connectivity index (χ3n) is 2.08. The fourth-order valence-corrected chi connectivity index (χ4v) is 2.47. The Hall–Kier alpha value is 0.01000. The Balaban J connectivity index is 1.85. The molecule has 0 aliphatic heterocycles. The number of thiophene rings is 1. The number of rotatable bonds is 8. The van der Waals surface area contributed by atoms with Crippen LogP contribution in [0, 0.1) is 0 Å². The predicted octanol–water partition coefficient (Wildman–Crippen LogP) is 3.37. The lowest BCUT2D eigenvalue weighted by Gasteiger charge is -2.02. The van der Waals surface area contributed by atoms with Crippen LogP contribution in [0.1, 0.15) is 24.1 Å². The molecule has 3 heteroatoms. The van der Waals surface area contributed by atoms with Crippen molar-refractivity contribution in [1.29, 1.82) is 0 Å². The first-order valence-electron chi connectivity index (χ1n) is 5.15. The van der Waals surface area contributed by atoms with Crippen molar-refractivity contribution in [2.45, 2.75) is 25.8 Å². The Morgan fingerprint density at radius 1 is 1.36 bits per heavy atom. The molecule has 0 aromatic carbocycles. The fraction of sp³-hybridized carbons (Fsp3) is 0.636. The van der Waals surface area contributed by atoms with Crippen molar-refractivity contribution in [2.24, 2.45) is 0 Å². The van der Waals surface area contributed by atoms with Crippen molar-refractivity contribution in [3.8, 4) is 0 Å². The standard InChI is InChI=1S/C11H19NS2/c1-13-8-4-2-3-7-12-10-11-6-5-9-14-11/h5-6,9,12H,2-4,7-8,10H2,1H3. The third kappa shape index (κ3) is 5.68. The van der Waals surface area contributed by atoms with Gasteiger partial charge in [-0.05, 0) is 42.8 Å². The molecule has 80 valence electrons. The highest BCUT2D eigenvalue weighted by Crippen LogP contribution is 2.07. The van der Waals surface area contributed by atoms with E-state index in [9.17, 15) is 0 Å². The van der Waals surface area contributed by atoms with Crippen LogP contribution in [-0.2, 0) is 6.54 Å². The number of hydrogen-bond acceptors (Lipinski definition) is 3. The summed E-state index contributed by atoms with van der Waals surface area (Å²) in [5, 5.41) is 5.60. The number of nitrogens with one attached hydrogen (secondary N) is 1. The Morgan fingerprint density at radius 3 is 3.00 bits per heavy atom. The Kier molecular flexibility index (Phi) is 7.19. The highest BCUT2D eigenvalue weighted by Gasteiger charge is 1.92. The van der Waals surface area contributed by atoms with Gasteiger partial charge in [0.2, 0.25) is 0 Å². The van der Waals surface area contributed by atoms with Crippen LogP contribution >= 0.6 is 23.1 Å². The summed E-state index contributed by atoms with van der Waals surface area (Å²) < 4.78 is 0. The second-order valence-electron chi connectivity index (χ2n) is 3.31. The topological polar surface area (TPSA) is 12.0 Å². The zero-order valence-corrected chi connectivity index (χ0v) is 10.4. The van der Waals surface area contributed by atoms with Crippen LogP contribution in [0.5, 0.6) is 0 Å². The molecular formula is C11H19NS2.